The third-order valence-electron chi connectivity index (χ3n) is 3.12. The summed E-state index contributed by atoms with van der Waals surface area (Å²) < 4.78 is 23.2. The molecule has 0 saturated carbocycles. The second-order valence-corrected chi connectivity index (χ2v) is 5.86. The Hall–Kier alpha value is -2.60. The Balaban J connectivity index is 1.77. The Kier molecular flexibility index (Phi) is 6.36. The number of carbonyl (C=O) groups excluding carboxylic acids is 2. The van der Waals surface area contributed by atoms with Gasteiger partial charge in [-0.3, -0.25) is 4.79 Å². The molecular weight excluding hydrogens is 349 g/mol. The van der Waals surface area contributed by atoms with Gasteiger partial charge in [-0.15, -0.1) is 0 Å². The summed E-state index contributed by atoms with van der Waals surface area (Å²) in [6.07, 6.45) is 0. The van der Waals surface area contributed by atoms with Gasteiger partial charge in [-0.2, -0.15) is 0 Å². The maximum atomic E-state index is 13.0. The fourth-order valence-corrected chi connectivity index (χ4v) is 2.30. The van der Waals surface area contributed by atoms with Gasteiger partial charge in [-0.25, -0.2) is 9.18 Å². The van der Waals surface area contributed by atoms with E-state index in [0.29, 0.717) is 11.4 Å². The van der Waals surface area contributed by atoms with Gasteiger partial charge >= 0.3 is 5.97 Å². The summed E-state index contributed by atoms with van der Waals surface area (Å²) in [5.41, 5.74) is 2.33. The number of benzene rings is 2. The van der Waals surface area contributed by atoms with Crippen molar-refractivity contribution in [3.63, 3.8) is 0 Å². The van der Waals surface area contributed by atoms with E-state index in [1.807, 2.05) is 19.9 Å². The first kappa shape index (κ1) is 18.7. The highest BCUT2D eigenvalue weighted by Crippen LogP contribution is 2.19. The first-order valence-electron chi connectivity index (χ1n) is 7.45. The fraction of sp³-hybridized carbons (Fsp3) is 0.222. The van der Waals surface area contributed by atoms with Crippen LogP contribution < -0.4 is 10.1 Å². The quantitative estimate of drug-likeness (QED) is 0.793. The molecule has 0 aliphatic heterocycles. The molecule has 2 aromatic carbocycles. The Morgan fingerprint density at radius 2 is 1.76 bits per heavy atom. The van der Waals surface area contributed by atoms with Crippen LogP contribution in [0.15, 0.2) is 36.4 Å². The average Bonchev–Trinajstić information content (AvgIpc) is 2.53. The van der Waals surface area contributed by atoms with Gasteiger partial charge in [0.05, 0.1) is 5.02 Å². The largest absolute Gasteiger partial charge is 0.482 e. The molecule has 2 aromatic rings. The fourth-order valence-electron chi connectivity index (χ4n) is 2.12. The molecule has 2 rings (SSSR count). The Morgan fingerprint density at radius 1 is 1.08 bits per heavy atom. The molecule has 0 saturated heterocycles. The minimum atomic E-state index is -0.675. The van der Waals surface area contributed by atoms with E-state index in [9.17, 15) is 14.0 Å². The summed E-state index contributed by atoms with van der Waals surface area (Å²) in [4.78, 5) is 23.4. The first-order valence-corrected chi connectivity index (χ1v) is 7.83. The summed E-state index contributed by atoms with van der Waals surface area (Å²) in [6.45, 7) is 3.05. The molecule has 0 aromatic heterocycles. The minimum Gasteiger partial charge on any atom is -0.482 e. The van der Waals surface area contributed by atoms with Gasteiger partial charge in [-0.05, 0) is 55.3 Å². The second kappa shape index (κ2) is 8.48. The monoisotopic (exact) mass is 365 g/mol. The molecule has 1 N–H and O–H groups in total. The van der Waals surface area contributed by atoms with Crippen molar-refractivity contribution < 1.29 is 23.5 Å². The molecule has 1 amide bonds. The summed E-state index contributed by atoms with van der Waals surface area (Å²) in [6, 6.07) is 9.32. The molecule has 0 radical (unpaired) electrons. The van der Waals surface area contributed by atoms with Crippen LogP contribution in [0.4, 0.5) is 10.1 Å². The molecule has 7 heteroatoms. The molecule has 0 bridgehead atoms. The lowest BCUT2D eigenvalue weighted by atomic mass is 10.1. The standard InChI is InChI=1S/C18H17ClFNO4/c1-11-5-12(2)7-14(6-11)24-10-18(23)25-9-17(22)21-13-3-4-16(20)15(19)8-13/h3-8H,9-10H2,1-2H3,(H,21,22). The Labute approximate surface area is 149 Å². The van der Waals surface area contributed by atoms with Gasteiger partial charge < -0.3 is 14.8 Å². The summed E-state index contributed by atoms with van der Waals surface area (Å²) in [5.74, 6) is -1.27. The van der Waals surface area contributed by atoms with Crippen molar-refractivity contribution in [3.05, 3.63) is 58.4 Å². The predicted molar refractivity (Wildman–Crippen MR) is 92.4 cm³/mol. The number of rotatable bonds is 6. The molecular formula is C18H17ClFNO4. The SMILES string of the molecule is Cc1cc(C)cc(OCC(=O)OCC(=O)Nc2ccc(F)c(Cl)c2)c1. The molecule has 0 heterocycles. The van der Waals surface area contributed by atoms with Crippen molar-refractivity contribution in [2.45, 2.75) is 13.8 Å². The van der Waals surface area contributed by atoms with Crippen LogP contribution in [0, 0.1) is 19.7 Å². The average molecular weight is 366 g/mol. The molecule has 25 heavy (non-hydrogen) atoms. The molecule has 132 valence electrons. The zero-order valence-electron chi connectivity index (χ0n) is 13.8. The predicted octanol–water partition coefficient (Wildman–Crippen LogP) is 3.66. The highest BCUT2D eigenvalue weighted by Gasteiger charge is 2.10. The van der Waals surface area contributed by atoms with Crippen molar-refractivity contribution in [1.82, 2.24) is 0 Å². The highest BCUT2D eigenvalue weighted by atomic mass is 35.5. The number of amides is 1. The van der Waals surface area contributed by atoms with E-state index >= 15 is 0 Å². The smallest absolute Gasteiger partial charge is 0.344 e. The first-order chi connectivity index (χ1) is 11.8. The molecule has 0 unspecified atom stereocenters. The number of carbonyl (C=O) groups is 2. The zero-order valence-corrected chi connectivity index (χ0v) is 14.5. The molecule has 0 fully saturated rings. The topological polar surface area (TPSA) is 64.6 Å². The number of hydrogen-bond donors (Lipinski definition) is 1. The van der Waals surface area contributed by atoms with Crippen LogP contribution in [0.2, 0.25) is 5.02 Å². The number of hydrogen-bond acceptors (Lipinski definition) is 4. The van der Waals surface area contributed by atoms with Gasteiger partial charge in [0.15, 0.2) is 13.2 Å². The van der Waals surface area contributed by atoms with Crippen LogP contribution in [0.1, 0.15) is 11.1 Å². The van der Waals surface area contributed by atoms with Crippen LogP contribution in [-0.4, -0.2) is 25.1 Å². The minimum absolute atomic E-state index is 0.114. The van der Waals surface area contributed by atoms with Crippen LogP contribution >= 0.6 is 11.6 Å². The van der Waals surface area contributed by atoms with Crippen LogP contribution in [-0.2, 0) is 14.3 Å². The van der Waals surface area contributed by atoms with Crippen molar-refractivity contribution in [1.29, 1.82) is 0 Å². The third kappa shape index (κ3) is 6.08. The van der Waals surface area contributed by atoms with Gasteiger partial charge in [0.1, 0.15) is 11.6 Å². The van der Waals surface area contributed by atoms with Crippen LogP contribution in [0.5, 0.6) is 5.75 Å². The zero-order chi connectivity index (χ0) is 18.4. The molecule has 0 spiro atoms. The summed E-state index contributed by atoms with van der Waals surface area (Å²) >= 11 is 5.62. The lowest BCUT2D eigenvalue weighted by molar-refractivity contribution is -0.149. The second-order valence-electron chi connectivity index (χ2n) is 5.45. The molecule has 0 atom stereocenters. The Morgan fingerprint density at radius 3 is 2.40 bits per heavy atom. The molecule has 0 aliphatic rings. The lowest BCUT2D eigenvalue weighted by Crippen LogP contribution is -2.23. The van der Waals surface area contributed by atoms with Gasteiger partial charge in [0.2, 0.25) is 0 Å². The maximum absolute atomic E-state index is 13.0. The summed E-state index contributed by atoms with van der Waals surface area (Å²) in [5, 5.41) is 2.33. The van der Waals surface area contributed by atoms with Crippen molar-refractivity contribution in [2.75, 3.05) is 18.5 Å². The van der Waals surface area contributed by atoms with E-state index < -0.39 is 24.3 Å². The number of esters is 1. The van der Waals surface area contributed by atoms with Crippen molar-refractivity contribution in [3.8, 4) is 5.75 Å². The van der Waals surface area contributed by atoms with Crippen molar-refractivity contribution in [2.24, 2.45) is 0 Å². The molecule has 0 aliphatic carbocycles. The number of ether oxygens (including phenoxy) is 2. The maximum Gasteiger partial charge on any atom is 0.344 e. The van der Waals surface area contributed by atoms with Gasteiger partial charge in [0.25, 0.3) is 5.91 Å². The van der Waals surface area contributed by atoms with Gasteiger partial charge in [0, 0.05) is 5.69 Å². The Bertz CT molecular complexity index is 774. The van der Waals surface area contributed by atoms with E-state index in [2.05, 4.69) is 5.32 Å². The highest BCUT2D eigenvalue weighted by molar-refractivity contribution is 6.31. The third-order valence-corrected chi connectivity index (χ3v) is 3.41. The van der Waals surface area contributed by atoms with Crippen molar-refractivity contribution >= 4 is 29.2 Å². The molecule has 5 nitrogen and oxygen atoms in total. The summed E-state index contributed by atoms with van der Waals surface area (Å²) in [7, 11) is 0. The number of aryl methyl sites for hydroxylation is 2. The van der Waals surface area contributed by atoms with Gasteiger partial charge in [-0.1, -0.05) is 17.7 Å². The number of nitrogens with one attached hydrogen (secondary N) is 1. The van der Waals surface area contributed by atoms with E-state index in [1.54, 1.807) is 12.1 Å². The lowest BCUT2D eigenvalue weighted by Gasteiger charge is -2.09. The van der Waals surface area contributed by atoms with E-state index in [-0.39, 0.29) is 11.6 Å². The number of halogens is 2. The van der Waals surface area contributed by atoms with E-state index in [1.165, 1.54) is 12.1 Å². The van der Waals surface area contributed by atoms with Crippen LogP contribution in [0.3, 0.4) is 0 Å². The van der Waals surface area contributed by atoms with E-state index in [0.717, 1.165) is 17.2 Å². The normalized spacial score (nSPS) is 10.2. The van der Waals surface area contributed by atoms with E-state index in [4.69, 9.17) is 21.1 Å². The van der Waals surface area contributed by atoms with Crippen LogP contribution in [0.25, 0.3) is 0 Å². The number of anilines is 1.